The predicted octanol–water partition coefficient (Wildman–Crippen LogP) is -8.13. The van der Waals surface area contributed by atoms with Crippen LogP contribution in [0.25, 0.3) is 0 Å². The number of carbonyl (C=O) groups excluding carboxylic acids is 2. The number of hydrogen-bond acceptors (Lipinski definition) is 24. The van der Waals surface area contributed by atoms with E-state index in [4.69, 9.17) is 47.4 Å². The largest absolute Gasteiger partial charge is 0.454 e. The third-order valence-corrected chi connectivity index (χ3v) is 10.9. The zero-order chi connectivity index (χ0) is 43.8. The minimum Gasteiger partial charge on any atom is -0.454 e. The van der Waals surface area contributed by atoms with E-state index < -0.39 is 179 Å². The molecule has 0 aromatic heterocycles. The molecule has 25 nitrogen and oxygen atoms in total. The van der Waals surface area contributed by atoms with Gasteiger partial charge in [-0.25, -0.2) is 0 Å². The topological polar surface area (TPSA) is 381 Å². The highest BCUT2D eigenvalue weighted by Crippen LogP contribution is 2.36. The molecule has 10 unspecified atom stereocenters. The van der Waals surface area contributed by atoms with E-state index in [2.05, 4.69) is 5.32 Å². The van der Waals surface area contributed by atoms with E-state index in [1.54, 1.807) is 0 Å². The highest BCUT2D eigenvalue weighted by molar-refractivity contribution is 5.73. The second-order valence-electron chi connectivity index (χ2n) is 15.2. The lowest BCUT2D eigenvalue weighted by Crippen LogP contribution is -2.70. The first-order valence-corrected chi connectivity index (χ1v) is 19.1. The summed E-state index contributed by atoms with van der Waals surface area (Å²) in [6.45, 7) is 4.40. The van der Waals surface area contributed by atoms with E-state index in [1.165, 1.54) is 20.8 Å². The van der Waals surface area contributed by atoms with Gasteiger partial charge in [-0.3, -0.25) is 9.59 Å². The van der Waals surface area contributed by atoms with Crippen molar-refractivity contribution in [1.82, 2.24) is 5.32 Å². The number of esters is 1. The van der Waals surface area contributed by atoms with Gasteiger partial charge < -0.3 is 114 Å². The summed E-state index contributed by atoms with van der Waals surface area (Å²) in [6, 6.07) is -1.65. The molecule has 0 aromatic carbocycles. The number of amides is 1. The van der Waals surface area contributed by atoms with Gasteiger partial charge in [-0.05, 0) is 20.8 Å². The number of ether oxygens (including phenoxy) is 10. The van der Waals surface area contributed by atoms with E-state index in [0.29, 0.717) is 0 Å². The van der Waals surface area contributed by atoms with Crippen LogP contribution in [0.5, 0.6) is 0 Å². The van der Waals surface area contributed by atoms with Crippen molar-refractivity contribution >= 4 is 11.9 Å². The summed E-state index contributed by atoms with van der Waals surface area (Å²) in [6.07, 6.45) is -40.3. The molecule has 0 radical (unpaired) electrons. The number of nitrogens with one attached hydrogen (secondary N) is 1. The molecule has 5 aliphatic heterocycles. The molecular weight excluding hydrogens is 806 g/mol. The van der Waals surface area contributed by atoms with E-state index >= 15 is 0 Å². The van der Waals surface area contributed by atoms with Crippen molar-refractivity contribution < 1.29 is 118 Å². The van der Waals surface area contributed by atoms with Gasteiger partial charge in [0.15, 0.2) is 37.6 Å². The summed E-state index contributed by atoms with van der Waals surface area (Å²) in [5.41, 5.74) is 0. The van der Waals surface area contributed by atoms with Crippen LogP contribution in [-0.2, 0) is 57.0 Å². The molecule has 342 valence electrons. The Hall–Kier alpha value is -1.90. The van der Waals surface area contributed by atoms with Crippen molar-refractivity contribution in [2.75, 3.05) is 13.2 Å². The second-order valence-corrected chi connectivity index (χ2v) is 15.2. The van der Waals surface area contributed by atoms with Crippen LogP contribution in [0, 0.1) is 0 Å². The monoisotopic (exact) mass is 863 g/mol. The van der Waals surface area contributed by atoms with Gasteiger partial charge in [0.25, 0.3) is 0 Å². The van der Waals surface area contributed by atoms with Crippen molar-refractivity contribution in [3.63, 3.8) is 0 Å². The SMILES string of the molecule is CC(=O)N[C@@H]1C(O[C@@H]2OC(C)[C@H](O)[C@H](O[C@@H]3OC(C)[C@H](O)[C@H](O)C3O)C2OC(C)=O)[C@H](O)C(CO)O[C@H]1OC1[C@H](O)OC(C)[C@H](O)[C@@H]1O[C@H]1O[C@@H](CO)[C@@H](O)C(O)C1O. The Labute approximate surface area is 336 Å². The van der Waals surface area contributed by atoms with Gasteiger partial charge in [-0.1, -0.05) is 0 Å². The molecule has 59 heavy (non-hydrogen) atoms. The summed E-state index contributed by atoms with van der Waals surface area (Å²) >= 11 is 0. The molecule has 1 amide bonds. The van der Waals surface area contributed by atoms with Gasteiger partial charge in [0.2, 0.25) is 5.91 Å². The summed E-state index contributed by atoms with van der Waals surface area (Å²) in [4.78, 5) is 25.1. The number of carbonyl (C=O) groups is 2. The third kappa shape index (κ3) is 10.3. The molecule has 0 spiro atoms. The molecule has 0 bridgehead atoms. The Bertz CT molecular complexity index is 1380. The lowest BCUT2D eigenvalue weighted by atomic mass is 9.94. The van der Waals surface area contributed by atoms with Crippen molar-refractivity contribution in [2.45, 2.75) is 188 Å². The quantitative estimate of drug-likeness (QED) is 0.0810. The fraction of sp³-hybridized carbons (Fsp3) is 0.941. The first-order chi connectivity index (χ1) is 27.7. The maximum Gasteiger partial charge on any atom is 0.303 e. The molecule has 5 heterocycles. The molecule has 25 atom stereocenters. The molecule has 5 rings (SSSR count). The minimum absolute atomic E-state index is 0.775. The number of rotatable bonds is 12. The Morgan fingerprint density at radius 2 is 0.915 bits per heavy atom. The summed E-state index contributed by atoms with van der Waals surface area (Å²) < 4.78 is 57.5. The molecule has 5 aliphatic rings. The highest BCUT2D eigenvalue weighted by atomic mass is 16.8. The molecule has 13 N–H and O–H groups in total. The van der Waals surface area contributed by atoms with Crippen LogP contribution < -0.4 is 5.32 Å². The Kier molecular flexibility index (Phi) is 16.4. The van der Waals surface area contributed by atoms with Crippen LogP contribution in [0.2, 0.25) is 0 Å². The van der Waals surface area contributed by atoms with Crippen LogP contribution in [0.1, 0.15) is 34.6 Å². The fourth-order valence-electron chi connectivity index (χ4n) is 7.53. The smallest absolute Gasteiger partial charge is 0.303 e. The Morgan fingerprint density at radius 1 is 0.475 bits per heavy atom. The first kappa shape index (κ1) is 48.1. The number of aliphatic hydroxyl groups excluding tert-OH is 12. The summed E-state index contributed by atoms with van der Waals surface area (Å²) in [5.74, 6) is -1.73. The van der Waals surface area contributed by atoms with E-state index in [0.717, 1.165) is 13.8 Å². The number of aliphatic hydroxyl groups is 12. The predicted molar refractivity (Wildman–Crippen MR) is 183 cm³/mol. The van der Waals surface area contributed by atoms with E-state index in [1.807, 2.05) is 0 Å². The van der Waals surface area contributed by atoms with Crippen molar-refractivity contribution in [3.8, 4) is 0 Å². The minimum atomic E-state index is -1.97. The Morgan fingerprint density at radius 3 is 1.47 bits per heavy atom. The average molecular weight is 864 g/mol. The van der Waals surface area contributed by atoms with Crippen LogP contribution in [0.15, 0.2) is 0 Å². The first-order valence-electron chi connectivity index (χ1n) is 19.1. The van der Waals surface area contributed by atoms with Gasteiger partial charge >= 0.3 is 5.97 Å². The lowest BCUT2D eigenvalue weighted by molar-refractivity contribution is -0.388. The van der Waals surface area contributed by atoms with Crippen LogP contribution in [0.3, 0.4) is 0 Å². The molecule has 5 fully saturated rings. The van der Waals surface area contributed by atoms with Crippen molar-refractivity contribution in [2.24, 2.45) is 0 Å². The van der Waals surface area contributed by atoms with Crippen LogP contribution in [0.4, 0.5) is 0 Å². The van der Waals surface area contributed by atoms with Gasteiger partial charge in [-0.2, -0.15) is 0 Å². The maximum atomic E-state index is 12.7. The average Bonchev–Trinajstić information content (AvgIpc) is 3.18. The van der Waals surface area contributed by atoms with Gasteiger partial charge in [0.1, 0.15) is 97.6 Å². The normalized spacial score (nSPS) is 50.8. The van der Waals surface area contributed by atoms with E-state index in [9.17, 15) is 70.9 Å². The second kappa shape index (κ2) is 20.1. The van der Waals surface area contributed by atoms with Crippen molar-refractivity contribution in [1.29, 1.82) is 0 Å². The summed E-state index contributed by atoms with van der Waals surface area (Å²) in [5, 5.41) is 130. The van der Waals surface area contributed by atoms with Gasteiger partial charge in [-0.15, -0.1) is 0 Å². The van der Waals surface area contributed by atoms with Crippen LogP contribution >= 0.6 is 0 Å². The van der Waals surface area contributed by atoms with Crippen LogP contribution in [-0.4, -0.2) is 240 Å². The standard InChI is InChI=1S/C34H57NO24/c1-8-16(40)21(45)23(47)32(51-8)58-27-18(42)10(3)52-34(29(27)53-12(5)39)56-25-15(35-11(4)38)31(54-14(7-37)20(25)44)59-28-26(17(41)9(2)50-30(28)49)57-33-24(48)22(46)19(43)13(6-36)55-33/h8-10,13-34,36-37,40-49H,6-7H2,1-5H3,(H,35,38)/t8?,9?,10?,13-,14?,15+,16-,17-,18-,19+,20+,21-,22?,23?,24?,25?,26-,27-,28?,29?,30+,31-,32-,33+,34-/m0/s1. The molecule has 0 aromatic rings. The third-order valence-electron chi connectivity index (χ3n) is 10.9. The Balaban J connectivity index is 1.46. The zero-order valence-electron chi connectivity index (χ0n) is 32.6. The lowest BCUT2D eigenvalue weighted by Gasteiger charge is -2.50. The molecule has 0 aliphatic carbocycles. The fourth-order valence-corrected chi connectivity index (χ4v) is 7.53. The molecule has 0 saturated carbocycles. The van der Waals surface area contributed by atoms with E-state index in [-0.39, 0.29) is 0 Å². The highest BCUT2D eigenvalue weighted by Gasteiger charge is 2.57. The summed E-state index contributed by atoms with van der Waals surface area (Å²) in [7, 11) is 0. The molecular formula is C34H57NO24. The molecule has 25 heteroatoms. The maximum absolute atomic E-state index is 12.7. The van der Waals surface area contributed by atoms with Crippen molar-refractivity contribution in [3.05, 3.63) is 0 Å². The number of hydrogen-bond donors (Lipinski definition) is 13. The molecule has 5 saturated heterocycles. The zero-order valence-corrected chi connectivity index (χ0v) is 32.6. The van der Waals surface area contributed by atoms with Gasteiger partial charge in [0.05, 0.1) is 31.5 Å². The van der Waals surface area contributed by atoms with Gasteiger partial charge in [0, 0.05) is 13.8 Å².